The molecule has 266 valence electrons. The maximum absolute atomic E-state index is 14.0. The van der Waals surface area contributed by atoms with Gasteiger partial charge in [0.15, 0.2) is 0 Å². The number of Topliss-reactive ketones (excluding diaryl/α,β-unsaturated/α-hetero) is 1. The number of ketones is 1. The number of carbonyl (C=O) groups excluding carboxylic acids is 4. The predicted molar refractivity (Wildman–Crippen MR) is 190 cm³/mol. The number of halogens is 1. The van der Waals surface area contributed by atoms with Crippen LogP contribution in [-0.4, -0.2) is 58.8 Å². The van der Waals surface area contributed by atoms with Crippen LogP contribution in [0.4, 0.5) is 0 Å². The fourth-order valence-corrected chi connectivity index (χ4v) is 7.82. The predicted octanol–water partition coefficient (Wildman–Crippen LogP) is 1.76. The van der Waals surface area contributed by atoms with Crippen LogP contribution in [0.15, 0.2) is 78.9 Å². The summed E-state index contributed by atoms with van der Waals surface area (Å²) in [6.45, 7) is 7.92. The van der Waals surface area contributed by atoms with Gasteiger partial charge < -0.3 is 5.73 Å². The van der Waals surface area contributed by atoms with Gasteiger partial charge >= 0.3 is 244 Å². The molecule has 0 aliphatic heterocycles. The normalized spacial score (nSPS) is 13.0. The summed E-state index contributed by atoms with van der Waals surface area (Å²) in [7, 11) is 0. The summed E-state index contributed by atoms with van der Waals surface area (Å²) in [5.41, 5.74) is 9.55. The van der Waals surface area contributed by atoms with E-state index in [1.165, 1.54) is 0 Å². The maximum atomic E-state index is 14.0. The van der Waals surface area contributed by atoms with Crippen LogP contribution >= 0.6 is 0 Å². The summed E-state index contributed by atoms with van der Waals surface area (Å²) < 4.78 is 9.55. The fraction of sp³-hybridized carbons (Fsp3) is 0.436. The number of rotatable bonds is 21. The van der Waals surface area contributed by atoms with Gasteiger partial charge in [0.05, 0.1) is 5.56 Å². The molecule has 0 unspecified atom stereocenters. The van der Waals surface area contributed by atoms with Crippen molar-refractivity contribution in [3.63, 3.8) is 0 Å². The van der Waals surface area contributed by atoms with Crippen molar-refractivity contribution in [2.24, 2.45) is 5.73 Å². The molecule has 0 aliphatic rings. The molecule has 3 aromatic rings. The summed E-state index contributed by atoms with van der Waals surface area (Å²) >= 11 is -0.476. The van der Waals surface area contributed by atoms with Gasteiger partial charge in [-0.1, -0.05) is 18.2 Å². The van der Waals surface area contributed by atoms with Gasteiger partial charge in [-0.05, 0) is 25.0 Å². The number of esters is 1. The zero-order chi connectivity index (χ0) is 35.6. The van der Waals surface area contributed by atoms with Crippen molar-refractivity contribution in [1.82, 2.24) is 14.2 Å². The number of benzene rings is 3. The van der Waals surface area contributed by atoms with E-state index in [9.17, 15) is 19.2 Å². The van der Waals surface area contributed by atoms with Gasteiger partial charge in [0, 0.05) is 0 Å². The molecule has 5 N–H and O–H groups in total. The van der Waals surface area contributed by atoms with Crippen LogP contribution in [0.2, 0.25) is 0 Å². The number of carbonyl (C=O) groups is 4. The third-order valence-electron chi connectivity index (χ3n) is 8.43. The van der Waals surface area contributed by atoms with E-state index < -0.39 is 63.9 Å². The van der Waals surface area contributed by atoms with E-state index in [2.05, 4.69) is 28.0 Å². The Morgan fingerprint density at radius 3 is 1.80 bits per heavy atom. The molecule has 0 spiro atoms. The number of hydrogen-bond acceptors (Lipinski definition) is 7. The first-order valence-electron chi connectivity index (χ1n) is 17.2. The molecule has 9 nitrogen and oxygen atoms in total. The summed E-state index contributed by atoms with van der Waals surface area (Å²) in [6, 6.07) is 22.4. The van der Waals surface area contributed by atoms with Crippen molar-refractivity contribution >= 4 is 23.6 Å². The molecule has 3 rings (SSSR count). The Hall–Kier alpha value is -3.61. The Morgan fingerprint density at radius 2 is 1.24 bits per heavy atom. The molecule has 0 radical (unpaired) electrons. The first-order chi connectivity index (χ1) is 23.7. The fourth-order valence-electron chi connectivity index (χ4n) is 5.49. The number of nitrogens with one attached hydrogen (secondary N) is 3. The molecule has 0 aliphatic carbocycles. The van der Waals surface area contributed by atoms with E-state index >= 15 is 0 Å². The smallest absolute Gasteiger partial charge is 0.246 e. The summed E-state index contributed by atoms with van der Waals surface area (Å²) in [6.07, 6.45) is 4.38. The number of ether oxygens (including phenoxy) is 1. The van der Waals surface area contributed by atoms with Crippen molar-refractivity contribution in [3.8, 4) is 0 Å². The minimum Gasteiger partial charge on any atom is -0.246 e. The average Bonchev–Trinajstić information content (AvgIpc) is 3.10. The van der Waals surface area contributed by atoms with Gasteiger partial charge in [0.2, 0.25) is 0 Å². The van der Waals surface area contributed by atoms with Gasteiger partial charge in [-0.15, -0.1) is 0 Å². The van der Waals surface area contributed by atoms with E-state index in [1.807, 2.05) is 92.7 Å². The zero-order valence-corrected chi connectivity index (χ0v) is 31.3. The van der Waals surface area contributed by atoms with Crippen molar-refractivity contribution in [1.29, 1.82) is 0 Å². The van der Waals surface area contributed by atoms with Crippen LogP contribution in [0.1, 0.15) is 78.6 Å². The molecule has 49 heavy (non-hydrogen) atoms. The zero-order valence-electron chi connectivity index (χ0n) is 29.2. The van der Waals surface area contributed by atoms with Gasteiger partial charge in [-0.2, -0.15) is 0 Å². The quantitative estimate of drug-likeness (QED) is 0.0425. The van der Waals surface area contributed by atoms with Gasteiger partial charge in [-0.3, -0.25) is 0 Å². The first kappa shape index (κ1) is 39.8. The van der Waals surface area contributed by atoms with Crippen LogP contribution < -0.4 is 41.4 Å². The second kappa shape index (κ2) is 21.5. The van der Waals surface area contributed by atoms with Crippen molar-refractivity contribution in [2.45, 2.75) is 94.7 Å². The summed E-state index contributed by atoms with van der Waals surface area (Å²) in [5, 5.41) is 5.92. The van der Waals surface area contributed by atoms with Crippen LogP contribution in [-0.2, 0) is 32.0 Å². The molecule has 3 aromatic carbocycles. The number of nitrogens with two attached hydrogens (primary N) is 1. The molecule has 2 amide bonds. The van der Waals surface area contributed by atoms with Gasteiger partial charge in [0.25, 0.3) is 0 Å². The van der Waals surface area contributed by atoms with Crippen molar-refractivity contribution < 1.29 is 45.4 Å². The third kappa shape index (κ3) is 13.3. The van der Waals surface area contributed by atoms with Crippen LogP contribution in [0.5, 0.6) is 0 Å². The molecule has 0 saturated carbocycles. The van der Waals surface area contributed by atoms with Crippen molar-refractivity contribution in [2.75, 3.05) is 13.2 Å². The molecule has 3 atom stereocenters. The third-order valence-corrected chi connectivity index (χ3v) is 12.2. The Balaban J connectivity index is 1.81. The molecular weight excluding hydrogens is 731 g/mol. The Kier molecular flexibility index (Phi) is 17.5. The number of amides is 2. The molecule has 0 aromatic heterocycles. The molecular formula is C39H52IN4O5-. The molecule has 10 heteroatoms. The van der Waals surface area contributed by atoms with Crippen LogP contribution in [0.3, 0.4) is 0 Å². The Bertz CT molecular complexity index is 1460. The second-order valence-corrected chi connectivity index (χ2v) is 15.3. The van der Waals surface area contributed by atoms with Crippen molar-refractivity contribution in [3.05, 3.63) is 107 Å². The molecule has 0 fully saturated rings. The second-order valence-electron chi connectivity index (χ2n) is 12.3. The Labute approximate surface area is 302 Å². The number of unbranched alkanes of at least 4 members (excludes halogenated alkanes) is 1. The SMILES string of the molecule is CCC(CC)[I-]N[C@@H](Cc1ccccc1)C(=O)N[C@@H](Cc1ccccc1)C(=O)N[C@@H](CCCCN)C(=O)COC(=O)c1c(C)cccc1C. The molecule has 0 bridgehead atoms. The topological polar surface area (TPSA) is 140 Å². The van der Waals surface area contributed by atoms with E-state index in [-0.39, 0.29) is 12.3 Å². The number of hydrogen-bond donors (Lipinski definition) is 4. The summed E-state index contributed by atoms with van der Waals surface area (Å²) in [5.74, 6) is -1.75. The summed E-state index contributed by atoms with van der Waals surface area (Å²) in [4.78, 5) is 54.4. The minimum atomic E-state index is -0.941. The van der Waals surface area contributed by atoms with Crippen LogP contribution in [0.25, 0.3) is 0 Å². The van der Waals surface area contributed by atoms with Gasteiger partial charge in [0.1, 0.15) is 0 Å². The van der Waals surface area contributed by atoms with E-state index in [4.69, 9.17) is 10.5 Å². The first-order valence-corrected chi connectivity index (χ1v) is 19.5. The standard InChI is InChI=1S/C39H52IN4O5/c1-5-31(6-2)40-44-34(25-30-20-11-8-12-21-30)38(47)43-33(24-29-18-9-7-10-19-29)37(46)42-32(22-13-14-23-41)35(45)26-49-39(48)36-27(3)16-15-17-28(36)4/h7-12,15-21,31-34,44H,5-6,13-14,22-26,41H2,1-4H3,(H,42,46)(H,43,47)/q-1/t32-,33-,34-/m0/s1. The molecule has 0 heterocycles. The minimum absolute atomic E-state index is 0.239. The average molecular weight is 784 g/mol. The van der Waals surface area contributed by atoms with E-state index in [1.54, 1.807) is 0 Å². The van der Waals surface area contributed by atoms with Gasteiger partial charge in [-0.25, -0.2) is 4.79 Å². The van der Waals surface area contributed by atoms with Crippen LogP contribution in [0, 0.1) is 13.8 Å². The van der Waals surface area contributed by atoms with E-state index in [0.717, 1.165) is 35.1 Å². The molecule has 0 saturated heterocycles. The number of alkyl halides is 1. The monoisotopic (exact) mass is 783 g/mol. The number of aryl methyl sites for hydroxylation is 2. The van der Waals surface area contributed by atoms with E-state index in [0.29, 0.717) is 41.7 Å². The Morgan fingerprint density at radius 1 is 0.714 bits per heavy atom.